The van der Waals surface area contributed by atoms with E-state index >= 15 is 0 Å². The van der Waals surface area contributed by atoms with Gasteiger partial charge in [0.05, 0.1) is 5.41 Å². The van der Waals surface area contributed by atoms with Gasteiger partial charge in [-0.3, -0.25) is 9.69 Å². The molecule has 0 aromatic carbocycles. The maximum atomic E-state index is 11.3. The molecule has 2 aliphatic rings. The summed E-state index contributed by atoms with van der Waals surface area (Å²) >= 11 is 0. The van der Waals surface area contributed by atoms with E-state index in [0.29, 0.717) is 23.4 Å². The van der Waals surface area contributed by atoms with E-state index in [1.807, 2.05) is 13.8 Å². The van der Waals surface area contributed by atoms with Gasteiger partial charge in [-0.1, -0.05) is 20.8 Å². The number of fused-ring (bicyclic) bond motifs is 2. The smallest absolute Gasteiger partial charge is 0.310 e. The average Bonchev–Trinajstić information content (AvgIpc) is 2.33. The zero-order chi connectivity index (χ0) is 13.8. The molecule has 18 heavy (non-hydrogen) atoms. The third-order valence-corrected chi connectivity index (χ3v) is 4.70. The molecule has 3 nitrogen and oxygen atoms in total. The summed E-state index contributed by atoms with van der Waals surface area (Å²) in [6.07, 6.45) is 3.71. The van der Waals surface area contributed by atoms with Crippen LogP contribution in [0.4, 0.5) is 0 Å². The largest absolute Gasteiger partial charge is 0.481 e. The van der Waals surface area contributed by atoms with Gasteiger partial charge in [-0.15, -0.1) is 0 Å². The van der Waals surface area contributed by atoms with E-state index < -0.39 is 11.4 Å². The molecule has 1 saturated heterocycles. The lowest BCUT2D eigenvalue weighted by Crippen LogP contribution is -2.42. The number of likely N-dealkylation sites (tertiary alicyclic amines) is 1. The first kappa shape index (κ1) is 13.9. The van der Waals surface area contributed by atoms with Crippen molar-refractivity contribution in [2.45, 2.75) is 59.9 Å². The van der Waals surface area contributed by atoms with E-state index in [4.69, 9.17) is 0 Å². The number of hydrogen-bond donors (Lipinski definition) is 1. The molecule has 1 saturated carbocycles. The molecule has 2 rings (SSSR count). The highest BCUT2D eigenvalue weighted by Crippen LogP contribution is 2.52. The van der Waals surface area contributed by atoms with Gasteiger partial charge in [-0.25, -0.2) is 0 Å². The Morgan fingerprint density at radius 3 is 2.50 bits per heavy atom. The molecule has 2 fully saturated rings. The van der Waals surface area contributed by atoms with Crippen LogP contribution in [-0.4, -0.2) is 35.1 Å². The van der Waals surface area contributed by atoms with Gasteiger partial charge in [0.2, 0.25) is 0 Å². The molecule has 0 amide bonds. The second kappa shape index (κ2) is 3.96. The van der Waals surface area contributed by atoms with Crippen molar-refractivity contribution < 1.29 is 9.90 Å². The van der Waals surface area contributed by atoms with Crippen molar-refractivity contribution in [1.82, 2.24) is 4.90 Å². The average molecular weight is 253 g/mol. The molecule has 1 heterocycles. The van der Waals surface area contributed by atoms with Gasteiger partial charge in [0.25, 0.3) is 0 Å². The summed E-state index contributed by atoms with van der Waals surface area (Å²) in [4.78, 5) is 13.7. The number of hydrogen-bond acceptors (Lipinski definition) is 2. The summed E-state index contributed by atoms with van der Waals surface area (Å²) in [5.74, 6) is -0.687. The van der Waals surface area contributed by atoms with E-state index in [2.05, 4.69) is 25.7 Å². The molecular weight excluding hydrogens is 226 g/mol. The number of carboxylic acids is 1. The zero-order valence-electron chi connectivity index (χ0n) is 12.4. The first-order valence-electron chi connectivity index (χ1n) is 7.01. The van der Waals surface area contributed by atoms with Gasteiger partial charge in [-0.2, -0.15) is 0 Å². The zero-order valence-corrected chi connectivity index (χ0v) is 12.4. The highest BCUT2D eigenvalue weighted by Gasteiger charge is 2.50. The number of carbonyl (C=O) groups is 1. The van der Waals surface area contributed by atoms with Crippen LogP contribution in [0.25, 0.3) is 0 Å². The minimum atomic E-state index is -0.687. The van der Waals surface area contributed by atoms with Crippen LogP contribution in [0.3, 0.4) is 0 Å². The fraction of sp³-hybridized carbons (Fsp3) is 0.933. The second-order valence-electron chi connectivity index (χ2n) is 8.31. The Balaban J connectivity index is 2.12. The molecule has 2 bridgehead atoms. The predicted molar refractivity (Wildman–Crippen MR) is 72.5 cm³/mol. The van der Waals surface area contributed by atoms with Crippen LogP contribution in [0.1, 0.15) is 53.9 Å². The van der Waals surface area contributed by atoms with Crippen LogP contribution in [0.15, 0.2) is 0 Å². The summed E-state index contributed by atoms with van der Waals surface area (Å²) < 4.78 is 0. The number of nitrogens with zero attached hydrogens (tertiary/aromatic N) is 1. The van der Waals surface area contributed by atoms with E-state index in [1.54, 1.807) is 0 Å². The van der Waals surface area contributed by atoms with Gasteiger partial charge >= 0.3 is 5.97 Å². The van der Waals surface area contributed by atoms with Crippen LogP contribution < -0.4 is 0 Å². The standard InChI is InChI=1S/C15H27NO2/c1-13(2)6-11-7-15(5,8-13)10-16(11)9-14(3,4)12(17)18/h11H,6-10H2,1-5H3,(H,17,18). The summed E-state index contributed by atoms with van der Waals surface area (Å²) in [5.41, 5.74) is 0.152. The lowest BCUT2D eigenvalue weighted by atomic mass is 9.65. The highest BCUT2D eigenvalue weighted by atomic mass is 16.4. The molecule has 3 heteroatoms. The van der Waals surface area contributed by atoms with Crippen molar-refractivity contribution in [2.75, 3.05) is 13.1 Å². The molecule has 104 valence electrons. The van der Waals surface area contributed by atoms with Crippen molar-refractivity contribution in [3.05, 3.63) is 0 Å². The van der Waals surface area contributed by atoms with Crippen molar-refractivity contribution in [1.29, 1.82) is 0 Å². The van der Waals surface area contributed by atoms with Gasteiger partial charge in [0.15, 0.2) is 0 Å². The Hall–Kier alpha value is -0.570. The van der Waals surface area contributed by atoms with Crippen LogP contribution in [-0.2, 0) is 4.79 Å². The van der Waals surface area contributed by atoms with Crippen molar-refractivity contribution >= 4 is 5.97 Å². The Morgan fingerprint density at radius 2 is 1.94 bits per heavy atom. The van der Waals surface area contributed by atoms with Crippen molar-refractivity contribution in [2.24, 2.45) is 16.2 Å². The van der Waals surface area contributed by atoms with E-state index in [-0.39, 0.29) is 0 Å². The lowest BCUT2D eigenvalue weighted by molar-refractivity contribution is -0.148. The fourth-order valence-corrected chi connectivity index (χ4v) is 4.34. The quantitative estimate of drug-likeness (QED) is 0.840. The van der Waals surface area contributed by atoms with Crippen molar-refractivity contribution in [3.8, 4) is 0 Å². The van der Waals surface area contributed by atoms with Crippen LogP contribution in [0, 0.1) is 16.2 Å². The maximum absolute atomic E-state index is 11.3. The normalized spacial score (nSPS) is 35.7. The first-order chi connectivity index (χ1) is 8.03. The van der Waals surface area contributed by atoms with Crippen LogP contribution >= 0.6 is 0 Å². The first-order valence-corrected chi connectivity index (χ1v) is 7.01. The molecule has 2 atom stereocenters. The molecule has 1 aliphatic carbocycles. The van der Waals surface area contributed by atoms with Gasteiger partial charge in [-0.05, 0) is 43.9 Å². The topological polar surface area (TPSA) is 40.5 Å². The minimum Gasteiger partial charge on any atom is -0.481 e. The third-order valence-electron chi connectivity index (χ3n) is 4.70. The minimum absolute atomic E-state index is 0.390. The fourth-order valence-electron chi connectivity index (χ4n) is 4.34. The summed E-state index contributed by atoms with van der Waals surface area (Å²) in [6.45, 7) is 12.5. The molecule has 0 aromatic heterocycles. The number of aliphatic carboxylic acids is 1. The maximum Gasteiger partial charge on any atom is 0.310 e. The Kier molecular flexibility index (Phi) is 3.05. The number of rotatable bonds is 3. The molecule has 2 unspecified atom stereocenters. The second-order valence-corrected chi connectivity index (χ2v) is 8.31. The molecule has 1 aliphatic heterocycles. The van der Waals surface area contributed by atoms with Crippen LogP contribution in [0.2, 0.25) is 0 Å². The van der Waals surface area contributed by atoms with Gasteiger partial charge in [0, 0.05) is 19.1 Å². The lowest BCUT2D eigenvalue weighted by Gasteiger charge is -2.40. The number of carboxylic acid groups (broad SMARTS) is 1. The summed E-state index contributed by atoms with van der Waals surface area (Å²) in [5, 5.41) is 9.28. The van der Waals surface area contributed by atoms with Crippen molar-refractivity contribution in [3.63, 3.8) is 0 Å². The third kappa shape index (κ3) is 2.56. The SMILES string of the molecule is CC1(C)CC2CC(C)(CN2CC(C)(C)C(=O)O)C1. The Morgan fingerprint density at radius 1 is 1.33 bits per heavy atom. The van der Waals surface area contributed by atoms with E-state index in [0.717, 1.165) is 6.54 Å². The van der Waals surface area contributed by atoms with Crippen LogP contribution in [0.5, 0.6) is 0 Å². The molecule has 0 spiro atoms. The molecular formula is C15H27NO2. The van der Waals surface area contributed by atoms with Gasteiger partial charge < -0.3 is 5.11 Å². The molecule has 0 radical (unpaired) electrons. The predicted octanol–water partition coefficient (Wildman–Crippen LogP) is 3.00. The van der Waals surface area contributed by atoms with Gasteiger partial charge in [0.1, 0.15) is 0 Å². The Labute approximate surface area is 111 Å². The summed E-state index contributed by atoms with van der Waals surface area (Å²) in [7, 11) is 0. The monoisotopic (exact) mass is 253 g/mol. The van der Waals surface area contributed by atoms with E-state index in [1.165, 1.54) is 19.3 Å². The highest BCUT2D eigenvalue weighted by molar-refractivity contribution is 5.73. The molecule has 1 N–H and O–H groups in total. The summed E-state index contributed by atoms with van der Waals surface area (Å²) in [6, 6.07) is 0.581. The van der Waals surface area contributed by atoms with E-state index in [9.17, 15) is 9.90 Å². The Bertz CT molecular complexity index is 362. The molecule has 0 aromatic rings.